The molecule has 3 fully saturated rings. The number of rotatable bonds is 8. The van der Waals surface area contributed by atoms with Crippen molar-refractivity contribution in [3.8, 4) is 0 Å². The third-order valence-corrected chi connectivity index (χ3v) is 12.5. The van der Waals surface area contributed by atoms with Crippen LogP contribution in [0.5, 0.6) is 0 Å². The molecule has 6 nitrogen and oxygen atoms in total. The van der Waals surface area contributed by atoms with E-state index in [9.17, 15) is 54.8 Å². The molecular weight excluding hydrogens is 633 g/mol. The molecule has 46 heavy (non-hydrogen) atoms. The summed E-state index contributed by atoms with van der Waals surface area (Å²) in [5.74, 6) is -5.90. The molecule has 0 amide bonds. The zero-order valence-electron chi connectivity index (χ0n) is 26.9. The maximum Gasteiger partial charge on any atom is 0.423 e. The van der Waals surface area contributed by atoms with Crippen molar-refractivity contribution in [2.45, 2.75) is 134 Å². The third kappa shape index (κ3) is 7.72. The first kappa shape index (κ1) is 39.0. The molecule has 0 aromatic carbocycles. The van der Waals surface area contributed by atoms with Gasteiger partial charge in [0.1, 0.15) is 0 Å². The largest absolute Gasteiger partial charge is 0.423 e. The Hall–Kier alpha value is -1.44. The van der Waals surface area contributed by atoms with Crippen molar-refractivity contribution in [2.24, 2.45) is 64.3 Å². The fraction of sp³-hybridized carbons (Fsp3) is 1.00. The molecule has 15 heteroatoms. The molecule has 0 heterocycles. The first-order valence-corrected chi connectivity index (χ1v) is 16.2. The summed E-state index contributed by atoms with van der Waals surface area (Å²) in [7, 11) is 0. The number of aliphatic hydroxyl groups is 3. The van der Waals surface area contributed by atoms with Gasteiger partial charge < -0.3 is 15.3 Å². The molecule has 0 aromatic rings. The van der Waals surface area contributed by atoms with Crippen molar-refractivity contribution in [1.82, 2.24) is 0 Å². The summed E-state index contributed by atoms with van der Waals surface area (Å²) in [6.07, 6.45) is -14.0. The minimum atomic E-state index is -5.24. The average Bonchev–Trinajstić information content (AvgIpc) is 2.91. The minimum Gasteiger partial charge on any atom is -0.380 e. The lowest BCUT2D eigenvalue weighted by Gasteiger charge is -2.50. The fourth-order valence-corrected chi connectivity index (χ4v) is 8.76. The highest BCUT2D eigenvalue weighted by atomic mass is 19.4. The first-order valence-electron chi connectivity index (χ1n) is 16.2. The molecule has 3 saturated carbocycles. The lowest BCUT2D eigenvalue weighted by atomic mass is 9.57. The minimum absolute atomic E-state index is 0.0265. The van der Waals surface area contributed by atoms with E-state index in [-0.39, 0.29) is 75.0 Å². The van der Waals surface area contributed by atoms with Crippen molar-refractivity contribution in [1.29, 1.82) is 0 Å². The highest BCUT2D eigenvalue weighted by Gasteiger charge is 2.61. The lowest BCUT2D eigenvalue weighted by Crippen LogP contribution is -2.53. The number of azide groups is 1. The van der Waals surface area contributed by atoms with E-state index >= 15 is 0 Å². The summed E-state index contributed by atoms with van der Waals surface area (Å²) in [4.78, 5) is 2.23. The summed E-state index contributed by atoms with van der Waals surface area (Å²) >= 11 is 0. The normalized spacial score (nSPS) is 39.0. The van der Waals surface area contributed by atoms with Crippen LogP contribution in [-0.4, -0.2) is 50.8 Å². The molecule has 0 spiro atoms. The van der Waals surface area contributed by atoms with Gasteiger partial charge >= 0.3 is 18.5 Å². The Labute approximate surface area is 264 Å². The zero-order valence-corrected chi connectivity index (χ0v) is 26.9. The molecule has 0 radical (unpaired) electrons. The second kappa shape index (κ2) is 13.5. The Balaban J connectivity index is 1.91. The van der Waals surface area contributed by atoms with E-state index in [0.29, 0.717) is 19.8 Å². The summed E-state index contributed by atoms with van der Waals surface area (Å²) in [5.41, 5.74) is -0.840. The van der Waals surface area contributed by atoms with E-state index in [1.54, 1.807) is 0 Å². The quantitative estimate of drug-likeness (QED) is 0.103. The van der Waals surface area contributed by atoms with Gasteiger partial charge in [-0.05, 0) is 129 Å². The van der Waals surface area contributed by atoms with E-state index in [4.69, 9.17) is 5.53 Å². The summed E-state index contributed by atoms with van der Waals surface area (Å²) in [5, 5.41) is 34.3. The zero-order chi connectivity index (χ0) is 35.3. The van der Waals surface area contributed by atoms with Crippen LogP contribution < -0.4 is 0 Å². The molecule has 3 rings (SSSR count). The SMILES string of the molecule is CC1CCC(C(C)(O)C(F)(F)F)CC1CC1CC(C(C)(O)C(F)(F)F)CC(CC2CC(C(O)(N=[N+]=[N-])C(F)(F)F)CCC2C)C1C. The first-order chi connectivity index (χ1) is 20.8. The Kier molecular flexibility index (Phi) is 11.4. The molecule has 3 aliphatic carbocycles. The van der Waals surface area contributed by atoms with Gasteiger partial charge in [-0.25, -0.2) is 0 Å². The van der Waals surface area contributed by atoms with Gasteiger partial charge in [0.05, 0.1) is 0 Å². The van der Waals surface area contributed by atoms with E-state index in [1.165, 1.54) is 0 Å². The van der Waals surface area contributed by atoms with Crippen molar-refractivity contribution in [2.75, 3.05) is 0 Å². The van der Waals surface area contributed by atoms with Crippen LogP contribution in [0.15, 0.2) is 5.11 Å². The van der Waals surface area contributed by atoms with Gasteiger partial charge in [0, 0.05) is 10.8 Å². The molecule has 0 aliphatic heterocycles. The Morgan fingerprint density at radius 1 is 0.587 bits per heavy atom. The highest BCUT2D eigenvalue weighted by molar-refractivity contribution is 5.01. The molecular formula is C31H48F9N3O3. The van der Waals surface area contributed by atoms with Crippen LogP contribution in [0.2, 0.25) is 0 Å². The van der Waals surface area contributed by atoms with E-state index in [2.05, 4.69) is 10.0 Å². The molecule has 13 atom stereocenters. The topological polar surface area (TPSA) is 109 Å². The van der Waals surface area contributed by atoms with Crippen molar-refractivity contribution >= 4 is 0 Å². The smallest absolute Gasteiger partial charge is 0.380 e. The van der Waals surface area contributed by atoms with Crippen LogP contribution in [0.3, 0.4) is 0 Å². The summed E-state index contributed by atoms with van der Waals surface area (Å²) in [6.45, 7) is 7.02. The molecule has 3 N–H and O–H groups in total. The van der Waals surface area contributed by atoms with Crippen LogP contribution in [0.4, 0.5) is 39.5 Å². The van der Waals surface area contributed by atoms with E-state index in [0.717, 1.165) is 6.92 Å². The molecule has 268 valence electrons. The van der Waals surface area contributed by atoms with Crippen LogP contribution in [0, 0.1) is 59.2 Å². The van der Waals surface area contributed by atoms with Crippen LogP contribution in [0.1, 0.15) is 98.8 Å². The van der Waals surface area contributed by atoms with Crippen molar-refractivity contribution in [3.05, 3.63) is 10.4 Å². The van der Waals surface area contributed by atoms with Gasteiger partial charge in [-0.1, -0.05) is 33.6 Å². The number of hydrogen-bond acceptors (Lipinski definition) is 4. The van der Waals surface area contributed by atoms with Crippen LogP contribution >= 0.6 is 0 Å². The van der Waals surface area contributed by atoms with Crippen molar-refractivity contribution < 1.29 is 54.8 Å². The molecule has 3 aliphatic rings. The predicted molar refractivity (Wildman–Crippen MR) is 152 cm³/mol. The number of nitrogens with zero attached hydrogens (tertiary/aromatic N) is 3. The fourth-order valence-electron chi connectivity index (χ4n) is 8.76. The summed E-state index contributed by atoms with van der Waals surface area (Å²) < 4.78 is 125. The molecule has 0 aromatic heterocycles. The van der Waals surface area contributed by atoms with Gasteiger partial charge in [-0.15, -0.1) is 0 Å². The van der Waals surface area contributed by atoms with Crippen molar-refractivity contribution in [3.63, 3.8) is 0 Å². The molecule has 13 unspecified atom stereocenters. The van der Waals surface area contributed by atoms with Crippen LogP contribution in [-0.2, 0) is 0 Å². The molecule has 0 bridgehead atoms. The second-order valence-electron chi connectivity index (χ2n) is 15.2. The number of halogens is 9. The second-order valence-corrected chi connectivity index (χ2v) is 15.2. The van der Waals surface area contributed by atoms with Gasteiger partial charge in [-0.3, -0.25) is 0 Å². The maximum atomic E-state index is 14.1. The third-order valence-electron chi connectivity index (χ3n) is 12.5. The molecule has 0 saturated heterocycles. The highest BCUT2D eigenvalue weighted by Crippen LogP contribution is 2.55. The Bertz CT molecular complexity index is 1090. The van der Waals surface area contributed by atoms with Gasteiger partial charge in [0.25, 0.3) is 0 Å². The van der Waals surface area contributed by atoms with E-state index < -0.39 is 71.0 Å². The average molecular weight is 682 g/mol. The Morgan fingerprint density at radius 3 is 1.35 bits per heavy atom. The van der Waals surface area contributed by atoms with Gasteiger partial charge in [-0.2, -0.15) is 39.5 Å². The monoisotopic (exact) mass is 681 g/mol. The van der Waals surface area contributed by atoms with E-state index in [1.807, 2.05) is 20.8 Å². The lowest BCUT2D eigenvalue weighted by molar-refractivity contribution is -0.283. The van der Waals surface area contributed by atoms with Gasteiger partial charge in [0.15, 0.2) is 11.2 Å². The Morgan fingerprint density at radius 2 is 0.957 bits per heavy atom. The summed E-state index contributed by atoms with van der Waals surface area (Å²) in [6, 6.07) is 0. The predicted octanol–water partition coefficient (Wildman–Crippen LogP) is 9.34. The van der Waals surface area contributed by atoms with Gasteiger partial charge in [0.2, 0.25) is 5.72 Å². The standard InChI is InChI=1S/C31H48F9N3O3/c1-16-6-8-23(26(4,44)29(32,33)34)12-19(16)10-21-14-25(27(5,45)30(35,36)37)15-22(18(21)3)11-20-13-24(9-7-17(20)2)28(46,42-43-41)31(38,39)40/h16-25,44-46H,6-15H2,1-5H3. The number of alkyl halides is 9. The van der Waals surface area contributed by atoms with Crippen LogP contribution in [0.25, 0.3) is 10.4 Å². The number of hydrogen-bond donors (Lipinski definition) is 3. The maximum absolute atomic E-state index is 14.1.